The fourth-order valence-corrected chi connectivity index (χ4v) is 3.57. The molecule has 0 spiro atoms. The quantitative estimate of drug-likeness (QED) is 0.292. The highest BCUT2D eigenvalue weighted by Crippen LogP contribution is 2.46. The zero-order valence-corrected chi connectivity index (χ0v) is 16.4. The highest BCUT2D eigenvalue weighted by atomic mass is 79.9. The topological polar surface area (TPSA) is 142 Å². The van der Waals surface area contributed by atoms with Crippen molar-refractivity contribution in [1.82, 2.24) is 0 Å². The van der Waals surface area contributed by atoms with E-state index in [0.717, 1.165) is 10.5 Å². The van der Waals surface area contributed by atoms with Crippen LogP contribution in [0.25, 0.3) is 11.1 Å². The average Bonchev–Trinajstić information content (AvgIpc) is 3.01. The van der Waals surface area contributed by atoms with Gasteiger partial charge in [-0.3, -0.25) is 30.3 Å². The Balaban J connectivity index is 2.07. The molecular formula is C19H9BrN4O6. The second-order valence-corrected chi connectivity index (χ2v) is 7.24. The second kappa shape index (κ2) is 7.12. The van der Waals surface area contributed by atoms with Crippen molar-refractivity contribution in [3.8, 4) is 11.1 Å². The lowest BCUT2D eigenvalue weighted by atomic mass is 10.0. The van der Waals surface area contributed by atoms with E-state index >= 15 is 0 Å². The Hall–Kier alpha value is -3.99. The number of aliphatic imine (C=N–C) groups is 1. The summed E-state index contributed by atoms with van der Waals surface area (Å²) >= 11 is 3.31. The molecule has 0 saturated heterocycles. The molecule has 0 bridgehead atoms. The van der Waals surface area contributed by atoms with E-state index in [-0.39, 0.29) is 22.5 Å². The van der Waals surface area contributed by atoms with E-state index < -0.39 is 26.1 Å². The summed E-state index contributed by atoms with van der Waals surface area (Å²) in [5.41, 5.74) is 0.494. The second-order valence-electron chi connectivity index (χ2n) is 6.33. The van der Waals surface area contributed by atoms with Gasteiger partial charge in [-0.1, -0.05) is 15.9 Å². The minimum absolute atomic E-state index is 0.145. The Morgan fingerprint density at radius 2 is 1.33 bits per heavy atom. The van der Waals surface area contributed by atoms with Crippen molar-refractivity contribution in [3.05, 3.63) is 101 Å². The Labute approximate surface area is 176 Å². The molecule has 0 atom stereocenters. The molecule has 0 heterocycles. The summed E-state index contributed by atoms with van der Waals surface area (Å²) in [5.74, 6) is 0. The summed E-state index contributed by atoms with van der Waals surface area (Å²) in [4.78, 5) is 36.7. The van der Waals surface area contributed by atoms with Gasteiger partial charge in [0.25, 0.3) is 17.1 Å². The molecule has 0 unspecified atom stereocenters. The first kappa shape index (κ1) is 19.3. The number of benzene rings is 3. The number of halogens is 1. The number of rotatable bonds is 4. The number of nitro groups is 3. The zero-order chi connectivity index (χ0) is 21.6. The fraction of sp³-hybridized carbons (Fsp3) is 0. The normalized spacial score (nSPS) is 13.0. The molecule has 0 fully saturated rings. The van der Waals surface area contributed by atoms with Gasteiger partial charge in [0.2, 0.25) is 0 Å². The van der Waals surface area contributed by atoms with Crippen LogP contribution in [0.2, 0.25) is 0 Å². The molecule has 0 saturated carbocycles. The first-order valence-corrected chi connectivity index (χ1v) is 9.16. The van der Waals surface area contributed by atoms with E-state index in [1.165, 1.54) is 24.3 Å². The molecule has 30 heavy (non-hydrogen) atoms. The smallest absolute Gasteiger partial charge is 0.258 e. The van der Waals surface area contributed by atoms with Crippen LogP contribution in [0.15, 0.2) is 64.1 Å². The van der Waals surface area contributed by atoms with Crippen molar-refractivity contribution in [2.45, 2.75) is 0 Å². The molecule has 0 amide bonds. The van der Waals surface area contributed by atoms with Crippen molar-refractivity contribution < 1.29 is 14.8 Å². The summed E-state index contributed by atoms with van der Waals surface area (Å²) in [6, 6.07) is 12.8. The lowest BCUT2D eigenvalue weighted by Crippen LogP contribution is -2.01. The van der Waals surface area contributed by atoms with Gasteiger partial charge in [-0.2, -0.15) is 0 Å². The summed E-state index contributed by atoms with van der Waals surface area (Å²) in [5, 5.41) is 34.3. The third-order valence-corrected chi connectivity index (χ3v) is 5.10. The Kier molecular flexibility index (Phi) is 4.59. The van der Waals surface area contributed by atoms with Gasteiger partial charge in [-0.05, 0) is 35.9 Å². The van der Waals surface area contributed by atoms with E-state index in [0.29, 0.717) is 16.8 Å². The molecule has 1 aliphatic carbocycles. The standard InChI is InChI=1S/C19H9BrN4O6/c20-10-1-3-11(4-2-10)21-19-15-7-12(22(25)26)5-6-14(15)18-16(19)8-13(23(27)28)9-17(18)24(29)30/h1-9H. The number of nitro benzene ring substituents is 3. The van der Waals surface area contributed by atoms with Crippen LogP contribution < -0.4 is 0 Å². The molecule has 0 aliphatic heterocycles. The lowest BCUT2D eigenvalue weighted by molar-refractivity contribution is -0.393. The van der Waals surface area contributed by atoms with Gasteiger partial charge in [0.1, 0.15) is 0 Å². The molecule has 3 aromatic carbocycles. The highest BCUT2D eigenvalue weighted by molar-refractivity contribution is 9.10. The number of non-ortho nitro benzene ring substituents is 2. The molecular weight excluding hydrogens is 460 g/mol. The minimum Gasteiger partial charge on any atom is -0.258 e. The number of hydrogen-bond donors (Lipinski definition) is 0. The molecule has 4 rings (SSSR count). The van der Waals surface area contributed by atoms with E-state index in [1.54, 1.807) is 24.3 Å². The van der Waals surface area contributed by atoms with Crippen LogP contribution in [0.3, 0.4) is 0 Å². The summed E-state index contributed by atoms with van der Waals surface area (Å²) < 4.78 is 0.806. The van der Waals surface area contributed by atoms with E-state index in [1.807, 2.05) is 0 Å². The van der Waals surface area contributed by atoms with Gasteiger partial charge in [-0.15, -0.1) is 0 Å². The van der Waals surface area contributed by atoms with E-state index in [9.17, 15) is 30.3 Å². The number of hydrogen-bond acceptors (Lipinski definition) is 7. The number of fused-ring (bicyclic) bond motifs is 3. The molecule has 3 aromatic rings. The van der Waals surface area contributed by atoms with Gasteiger partial charge in [-0.25, -0.2) is 4.99 Å². The van der Waals surface area contributed by atoms with Crippen molar-refractivity contribution in [3.63, 3.8) is 0 Å². The van der Waals surface area contributed by atoms with E-state index in [4.69, 9.17) is 0 Å². The molecule has 10 nitrogen and oxygen atoms in total. The van der Waals surface area contributed by atoms with Gasteiger partial charge >= 0.3 is 0 Å². The van der Waals surface area contributed by atoms with Crippen LogP contribution in [-0.2, 0) is 0 Å². The third kappa shape index (κ3) is 3.20. The maximum absolute atomic E-state index is 11.7. The van der Waals surface area contributed by atoms with Crippen molar-refractivity contribution in [2.75, 3.05) is 0 Å². The lowest BCUT2D eigenvalue weighted by Gasteiger charge is -2.03. The summed E-state index contributed by atoms with van der Waals surface area (Å²) in [6.07, 6.45) is 0. The van der Waals surface area contributed by atoms with Crippen molar-refractivity contribution in [2.24, 2.45) is 4.99 Å². The largest absolute Gasteiger partial charge is 0.284 e. The maximum Gasteiger partial charge on any atom is 0.284 e. The maximum atomic E-state index is 11.7. The van der Waals surface area contributed by atoms with Crippen LogP contribution in [0.4, 0.5) is 22.7 Å². The van der Waals surface area contributed by atoms with E-state index in [2.05, 4.69) is 20.9 Å². The van der Waals surface area contributed by atoms with Crippen LogP contribution in [-0.4, -0.2) is 20.5 Å². The van der Waals surface area contributed by atoms with Gasteiger partial charge < -0.3 is 0 Å². The van der Waals surface area contributed by atoms with Crippen molar-refractivity contribution in [1.29, 1.82) is 0 Å². The van der Waals surface area contributed by atoms with Crippen molar-refractivity contribution >= 4 is 44.4 Å². The Morgan fingerprint density at radius 1 is 0.700 bits per heavy atom. The Morgan fingerprint density at radius 3 is 1.93 bits per heavy atom. The third-order valence-electron chi connectivity index (χ3n) is 4.57. The van der Waals surface area contributed by atoms with Crippen LogP contribution in [0.5, 0.6) is 0 Å². The Bertz CT molecular complexity index is 1290. The first-order chi connectivity index (χ1) is 14.3. The molecule has 1 aliphatic rings. The molecule has 0 radical (unpaired) electrons. The van der Waals surface area contributed by atoms with Gasteiger partial charge in [0.05, 0.1) is 37.8 Å². The fourth-order valence-electron chi connectivity index (χ4n) is 3.30. The molecule has 11 heteroatoms. The predicted molar refractivity (Wildman–Crippen MR) is 111 cm³/mol. The number of nitrogens with zero attached hydrogens (tertiary/aromatic N) is 4. The van der Waals surface area contributed by atoms with Crippen LogP contribution in [0, 0.1) is 30.3 Å². The summed E-state index contributed by atoms with van der Waals surface area (Å²) in [6.45, 7) is 0. The van der Waals surface area contributed by atoms with Crippen LogP contribution in [0.1, 0.15) is 11.1 Å². The van der Waals surface area contributed by atoms with Gasteiger partial charge in [0, 0.05) is 33.8 Å². The van der Waals surface area contributed by atoms with Gasteiger partial charge in [0.15, 0.2) is 0 Å². The summed E-state index contributed by atoms with van der Waals surface area (Å²) in [7, 11) is 0. The molecule has 0 aromatic heterocycles. The SMILES string of the molecule is O=[N+]([O-])c1ccc2c(c1)C(=Nc1ccc(Br)cc1)c1cc([N+](=O)[O-])cc([N+](=O)[O-])c1-2. The monoisotopic (exact) mass is 468 g/mol. The highest BCUT2D eigenvalue weighted by Gasteiger charge is 2.35. The molecule has 148 valence electrons. The molecule has 0 N–H and O–H groups in total. The van der Waals surface area contributed by atoms with Crippen LogP contribution >= 0.6 is 15.9 Å². The average molecular weight is 469 g/mol. The predicted octanol–water partition coefficient (Wildman–Crippen LogP) is 5.32. The first-order valence-electron chi connectivity index (χ1n) is 8.37. The minimum atomic E-state index is -0.726. The zero-order valence-electron chi connectivity index (χ0n) is 14.8.